The highest BCUT2D eigenvalue weighted by Crippen LogP contribution is 2.47. The third kappa shape index (κ3) is 7.74. The van der Waals surface area contributed by atoms with Gasteiger partial charge < -0.3 is 19.6 Å². The highest BCUT2D eigenvalue weighted by Gasteiger charge is 2.39. The average Bonchev–Trinajstić information content (AvgIpc) is 2.83. The Labute approximate surface area is 201 Å². The topological polar surface area (TPSA) is 47.6 Å². The van der Waals surface area contributed by atoms with Gasteiger partial charge in [0.15, 0.2) is 11.5 Å². The van der Waals surface area contributed by atoms with Crippen LogP contribution in [-0.2, 0) is 11.2 Å². The van der Waals surface area contributed by atoms with E-state index in [2.05, 4.69) is 56.4 Å². The van der Waals surface area contributed by atoms with Crippen LogP contribution in [0, 0.1) is 17.3 Å². The summed E-state index contributed by atoms with van der Waals surface area (Å²) in [5, 5.41) is 3.63. The maximum absolute atomic E-state index is 11.4. The Morgan fingerprint density at radius 1 is 1.06 bits per heavy atom. The van der Waals surface area contributed by atoms with Gasteiger partial charge in [-0.25, -0.2) is 0 Å². The van der Waals surface area contributed by atoms with Crippen LogP contribution >= 0.6 is 0 Å². The van der Waals surface area contributed by atoms with Crippen LogP contribution in [0.1, 0.15) is 71.3 Å². The van der Waals surface area contributed by atoms with Crippen molar-refractivity contribution in [3.05, 3.63) is 47.6 Å². The first-order valence-electron chi connectivity index (χ1n) is 12.8. The molecule has 0 spiro atoms. The Balaban J connectivity index is 1.85. The first-order valence-corrected chi connectivity index (χ1v) is 12.8. The predicted molar refractivity (Wildman–Crippen MR) is 138 cm³/mol. The molecular weight excluding hydrogens is 410 g/mol. The molecule has 2 rings (SSSR count). The summed E-state index contributed by atoms with van der Waals surface area (Å²) < 4.78 is 10.7. The molecule has 2 unspecified atom stereocenters. The molecule has 33 heavy (non-hydrogen) atoms. The van der Waals surface area contributed by atoms with Gasteiger partial charge in [-0.3, -0.25) is 0 Å². The maximum Gasteiger partial charge on any atom is 0.160 e. The van der Waals surface area contributed by atoms with Crippen LogP contribution < -0.4 is 14.8 Å². The van der Waals surface area contributed by atoms with Crippen LogP contribution in [0.3, 0.4) is 0 Å². The van der Waals surface area contributed by atoms with Gasteiger partial charge in [-0.15, -0.1) is 0 Å². The van der Waals surface area contributed by atoms with Gasteiger partial charge in [0.1, 0.15) is 6.29 Å². The zero-order chi connectivity index (χ0) is 24.1. The Kier molecular flexibility index (Phi) is 11.7. The van der Waals surface area contributed by atoms with Crippen molar-refractivity contribution in [2.24, 2.45) is 17.3 Å². The lowest BCUT2D eigenvalue weighted by Gasteiger charge is -2.43. The minimum atomic E-state index is 0.0834. The molecule has 0 saturated heterocycles. The molecule has 1 N–H and O–H groups in total. The monoisotopic (exact) mass is 455 g/mol. The second-order valence-electron chi connectivity index (χ2n) is 9.60. The third-order valence-electron chi connectivity index (χ3n) is 7.16. The molecule has 1 aromatic carbocycles. The van der Waals surface area contributed by atoms with Gasteiger partial charge in [0.25, 0.3) is 0 Å². The number of carbonyl (C=O) groups excluding carboxylic acids is 1. The zero-order valence-electron chi connectivity index (χ0n) is 21.5. The normalized spacial score (nSPS) is 20.1. The second kappa shape index (κ2) is 14.2. The Morgan fingerprint density at radius 3 is 2.48 bits per heavy atom. The quantitative estimate of drug-likeness (QED) is 0.227. The number of hydrogen-bond donors (Lipinski definition) is 1. The molecule has 4 heteroatoms. The third-order valence-corrected chi connectivity index (χ3v) is 7.16. The van der Waals surface area contributed by atoms with E-state index < -0.39 is 0 Å². The van der Waals surface area contributed by atoms with Crippen molar-refractivity contribution in [2.45, 2.75) is 72.1 Å². The number of hydrogen-bond acceptors (Lipinski definition) is 4. The van der Waals surface area contributed by atoms with Crippen LogP contribution in [0.5, 0.6) is 11.5 Å². The standard InChI is InChI=1S/C29H45NO3/c1-6-7-10-25-12-14-26(16-20-31)29(22-25,23(2)3)17-9-19-30-18-8-11-24-13-15-27(32-4)28(21-24)33-5/h12-15,20-23,26,30H,6-11,16-19H2,1-5H3. The summed E-state index contributed by atoms with van der Waals surface area (Å²) in [5.41, 5.74) is 2.80. The van der Waals surface area contributed by atoms with Gasteiger partial charge in [0, 0.05) is 6.42 Å². The van der Waals surface area contributed by atoms with E-state index in [1.807, 2.05) is 6.07 Å². The van der Waals surface area contributed by atoms with E-state index >= 15 is 0 Å². The summed E-state index contributed by atoms with van der Waals surface area (Å²) in [5.74, 6) is 2.38. The predicted octanol–water partition coefficient (Wildman–Crippen LogP) is 6.54. The molecule has 0 aromatic heterocycles. The minimum absolute atomic E-state index is 0.0834. The smallest absolute Gasteiger partial charge is 0.160 e. The molecule has 1 aliphatic rings. The van der Waals surface area contributed by atoms with E-state index in [-0.39, 0.29) is 5.41 Å². The van der Waals surface area contributed by atoms with E-state index in [9.17, 15) is 4.79 Å². The van der Waals surface area contributed by atoms with Gasteiger partial charge in [-0.1, -0.05) is 57.1 Å². The summed E-state index contributed by atoms with van der Waals surface area (Å²) in [6.45, 7) is 8.89. The largest absolute Gasteiger partial charge is 0.493 e. The van der Waals surface area contributed by atoms with Crippen molar-refractivity contribution in [1.82, 2.24) is 5.32 Å². The molecule has 0 radical (unpaired) electrons. The fourth-order valence-electron chi connectivity index (χ4n) is 5.10. The fourth-order valence-corrected chi connectivity index (χ4v) is 5.10. The van der Waals surface area contributed by atoms with E-state index in [0.717, 1.165) is 63.0 Å². The summed E-state index contributed by atoms with van der Waals surface area (Å²) in [6.07, 6.45) is 16.8. The molecule has 0 fully saturated rings. The second-order valence-corrected chi connectivity index (χ2v) is 9.60. The number of allylic oxidation sites excluding steroid dienone is 4. The molecule has 0 heterocycles. The van der Waals surface area contributed by atoms with E-state index in [4.69, 9.17) is 9.47 Å². The zero-order valence-corrected chi connectivity index (χ0v) is 21.5. The molecule has 0 saturated carbocycles. The highest BCUT2D eigenvalue weighted by atomic mass is 16.5. The summed E-state index contributed by atoms with van der Waals surface area (Å²) in [4.78, 5) is 11.4. The number of aryl methyl sites for hydroxylation is 1. The average molecular weight is 456 g/mol. The van der Waals surface area contributed by atoms with Crippen molar-refractivity contribution >= 4 is 6.29 Å². The number of methoxy groups -OCH3 is 2. The van der Waals surface area contributed by atoms with Gasteiger partial charge in [-0.05, 0) is 86.6 Å². The number of nitrogens with one attached hydrogen (secondary N) is 1. The van der Waals surface area contributed by atoms with E-state index in [0.29, 0.717) is 18.3 Å². The molecule has 1 aliphatic carbocycles. The van der Waals surface area contributed by atoms with E-state index in [1.165, 1.54) is 24.0 Å². The maximum atomic E-state index is 11.4. The molecule has 0 aliphatic heterocycles. The van der Waals surface area contributed by atoms with Gasteiger partial charge in [0.2, 0.25) is 0 Å². The Morgan fingerprint density at radius 2 is 1.82 bits per heavy atom. The van der Waals surface area contributed by atoms with Crippen LogP contribution in [0.4, 0.5) is 0 Å². The lowest BCUT2D eigenvalue weighted by Crippen LogP contribution is -2.36. The first kappa shape index (κ1) is 27.2. The van der Waals surface area contributed by atoms with Crippen molar-refractivity contribution < 1.29 is 14.3 Å². The molecule has 0 bridgehead atoms. The van der Waals surface area contributed by atoms with Gasteiger partial charge in [-0.2, -0.15) is 0 Å². The number of aldehydes is 1. The highest BCUT2D eigenvalue weighted by molar-refractivity contribution is 5.51. The van der Waals surface area contributed by atoms with Crippen LogP contribution in [-0.4, -0.2) is 33.6 Å². The van der Waals surface area contributed by atoms with E-state index in [1.54, 1.807) is 14.2 Å². The van der Waals surface area contributed by atoms with Crippen molar-refractivity contribution in [3.63, 3.8) is 0 Å². The molecule has 184 valence electrons. The molecule has 1 aromatic rings. The number of unbranched alkanes of at least 4 members (excludes halogenated alkanes) is 1. The number of ether oxygens (including phenoxy) is 2. The van der Waals surface area contributed by atoms with Crippen LogP contribution in [0.15, 0.2) is 42.0 Å². The number of benzene rings is 1. The van der Waals surface area contributed by atoms with Gasteiger partial charge >= 0.3 is 0 Å². The van der Waals surface area contributed by atoms with Crippen molar-refractivity contribution in [1.29, 1.82) is 0 Å². The van der Waals surface area contributed by atoms with Crippen molar-refractivity contribution in [2.75, 3.05) is 27.3 Å². The summed E-state index contributed by atoms with van der Waals surface area (Å²) >= 11 is 0. The first-order chi connectivity index (χ1) is 16.0. The van der Waals surface area contributed by atoms with Crippen LogP contribution in [0.2, 0.25) is 0 Å². The lowest BCUT2D eigenvalue weighted by atomic mass is 9.61. The van der Waals surface area contributed by atoms with Crippen molar-refractivity contribution in [3.8, 4) is 11.5 Å². The summed E-state index contributed by atoms with van der Waals surface area (Å²) in [6, 6.07) is 6.15. The Hall–Kier alpha value is -2.07. The SMILES string of the molecule is CCCCC1=CC(CCCNCCCc2ccc(OC)c(OC)c2)(C(C)C)C(CC=O)C=C1. The molecular formula is C29H45NO3. The molecule has 4 nitrogen and oxygen atoms in total. The fraction of sp³-hybridized carbons (Fsp3) is 0.621. The summed E-state index contributed by atoms with van der Waals surface area (Å²) in [7, 11) is 3.34. The lowest BCUT2D eigenvalue weighted by molar-refractivity contribution is -0.109. The van der Waals surface area contributed by atoms with Gasteiger partial charge in [0.05, 0.1) is 14.2 Å². The molecule has 2 atom stereocenters. The molecule has 0 amide bonds. The Bertz CT molecular complexity index is 783. The number of rotatable bonds is 16. The van der Waals surface area contributed by atoms with Crippen LogP contribution in [0.25, 0.3) is 0 Å². The number of carbonyl (C=O) groups is 1. The minimum Gasteiger partial charge on any atom is -0.493 e.